The highest BCUT2D eigenvalue weighted by molar-refractivity contribution is 6.07. The van der Waals surface area contributed by atoms with Crippen LogP contribution < -0.4 is 15.8 Å². The fourth-order valence-corrected chi connectivity index (χ4v) is 3.35. The molecule has 1 aromatic heterocycles. The molecule has 0 aliphatic heterocycles. The fourth-order valence-electron chi connectivity index (χ4n) is 3.35. The summed E-state index contributed by atoms with van der Waals surface area (Å²) in [5.41, 5.74) is 6.98. The highest BCUT2D eigenvalue weighted by atomic mass is 19.1. The van der Waals surface area contributed by atoms with Crippen molar-refractivity contribution in [2.75, 3.05) is 18.9 Å². The van der Waals surface area contributed by atoms with Gasteiger partial charge in [-0.05, 0) is 58.0 Å². The third-order valence-electron chi connectivity index (χ3n) is 4.92. The Labute approximate surface area is 190 Å². The maximum atomic E-state index is 13.3. The molecule has 0 aliphatic rings. The Morgan fingerprint density at radius 1 is 1.24 bits per heavy atom. The monoisotopic (exact) mass is 455 g/mol. The number of amides is 1. The van der Waals surface area contributed by atoms with Gasteiger partial charge in [-0.25, -0.2) is 9.18 Å². The second-order valence-corrected chi connectivity index (χ2v) is 8.15. The number of esters is 1. The number of ether oxygens (including phenoxy) is 2. The van der Waals surface area contributed by atoms with Gasteiger partial charge < -0.3 is 25.6 Å². The average molecular weight is 455 g/mol. The van der Waals surface area contributed by atoms with E-state index in [-0.39, 0.29) is 30.0 Å². The van der Waals surface area contributed by atoms with Crippen molar-refractivity contribution in [1.29, 1.82) is 0 Å². The molecule has 0 spiro atoms. The minimum Gasteiger partial charge on any atom is -0.505 e. The number of halogens is 1. The standard InChI is InChI=1S/C24H26FN3O5/c1-5-32-23(31)19-13(2)27-16-7-6-8-18(20(16)21(19)26)33-12-24(3,4)28-22(30)14-9-10-15(25)17(29)11-14/h6-11,29H,5,12H2,1-4H3,(H2,26,27)(H,28,30). The zero-order chi connectivity index (χ0) is 24.3. The number of anilines is 1. The lowest BCUT2D eigenvalue weighted by Crippen LogP contribution is -2.47. The number of nitrogens with zero attached hydrogens (tertiary/aromatic N) is 1. The zero-order valence-corrected chi connectivity index (χ0v) is 18.9. The number of hydrogen-bond acceptors (Lipinski definition) is 7. The number of carbonyl (C=O) groups excluding carboxylic acids is 2. The van der Waals surface area contributed by atoms with Crippen LogP contribution in [0.25, 0.3) is 10.9 Å². The average Bonchev–Trinajstić information content (AvgIpc) is 2.73. The summed E-state index contributed by atoms with van der Waals surface area (Å²) in [5, 5.41) is 12.8. The lowest BCUT2D eigenvalue weighted by atomic mass is 10.0. The van der Waals surface area contributed by atoms with Crippen LogP contribution in [-0.4, -0.2) is 40.7 Å². The highest BCUT2D eigenvalue weighted by Gasteiger charge is 2.25. The molecule has 2 aromatic carbocycles. The Kier molecular flexibility index (Phi) is 6.71. The number of phenolic OH excluding ortho intramolecular Hbond substituents is 1. The van der Waals surface area contributed by atoms with Crippen LogP contribution in [0.5, 0.6) is 11.5 Å². The first-order valence-electron chi connectivity index (χ1n) is 10.3. The number of aromatic nitrogens is 1. The molecule has 1 amide bonds. The molecule has 8 nitrogen and oxygen atoms in total. The number of aryl methyl sites for hydroxylation is 1. The van der Waals surface area contributed by atoms with Gasteiger partial charge in [0.15, 0.2) is 11.6 Å². The van der Waals surface area contributed by atoms with Crippen molar-refractivity contribution in [2.45, 2.75) is 33.2 Å². The van der Waals surface area contributed by atoms with E-state index in [0.717, 1.165) is 12.1 Å². The lowest BCUT2D eigenvalue weighted by molar-refractivity contribution is 0.0526. The Bertz CT molecular complexity index is 1230. The van der Waals surface area contributed by atoms with Crippen molar-refractivity contribution in [3.05, 3.63) is 59.0 Å². The van der Waals surface area contributed by atoms with Crippen molar-refractivity contribution in [1.82, 2.24) is 10.3 Å². The molecule has 0 saturated carbocycles. The predicted octanol–water partition coefficient (Wildman–Crippen LogP) is 3.73. The van der Waals surface area contributed by atoms with Gasteiger partial charge in [0.1, 0.15) is 17.9 Å². The molecule has 1 heterocycles. The first kappa shape index (κ1) is 23.8. The quantitative estimate of drug-likeness (QED) is 0.464. The number of nitrogen functional groups attached to an aromatic ring is 1. The maximum absolute atomic E-state index is 13.3. The number of benzene rings is 2. The minimum atomic E-state index is -0.847. The molecule has 4 N–H and O–H groups in total. The molecule has 0 saturated heterocycles. The molecule has 0 unspecified atom stereocenters. The highest BCUT2D eigenvalue weighted by Crippen LogP contribution is 2.34. The summed E-state index contributed by atoms with van der Waals surface area (Å²) in [6.45, 7) is 7.13. The van der Waals surface area contributed by atoms with Crippen LogP contribution in [0.1, 0.15) is 47.2 Å². The van der Waals surface area contributed by atoms with Gasteiger partial charge in [-0.2, -0.15) is 0 Å². The molecule has 9 heteroatoms. The third-order valence-corrected chi connectivity index (χ3v) is 4.92. The van der Waals surface area contributed by atoms with Crippen molar-refractivity contribution < 1.29 is 28.6 Å². The van der Waals surface area contributed by atoms with Crippen LogP contribution in [0.2, 0.25) is 0 Å². The summed E-state index contributed by atoms with van der Waals surface area (Å²) in [6, 6.07) is 8.55. The van der Waals surface area contributed by atoms with Crippen LogP contribution in [-0.2, 0) is 4.74 Å². The van der Waals surface area contributed by atoms with E-state index in [2.05, 4.69) is 10.3 Å². The number of fused-ring (bicyclic) bond motifs is 1. The first-order valence-corrected chi connectivity index (χ1v) is 10.3. The summed E-state index contributed by atoms with van der Waals surface area (Å²) < 4.78 is 24.4. The van der Waals surface area contributed by atoms with Crippen LogP contribution in [0.4, 0.5) is 10.1 Å². The lowest BCUT2D eigenvalue weighted by Gasteiger charge is -2.27. The van der Waals surface area contributed by atoms with Crippen molar-refractivity contribution in [3.63, 3.8) is 0 Å². The number of carbonyl (C=O) groups is 2. The molecule has 0 atom stereocenters. The number of rotatable bonds is 7. The second kappa shape index (κ2) is 9.32. The molecule has 0 aliphatic carbocycles. The Balaban J connectivity index is 1.85. The van der Waals surface area contributed by atoms with E-state index >= 15 is 0 Å². The molecule has 33 heavy (non-hydrogen) atoms. The summed E-state index contributed by atoms with van der Waals surface area (Å²) in [6.07, 6.45) is 0. The van der Waals surface area contributed by atoms with Gasteiger partial charge in [0.05, 0.1) is 34.4 Å². The van der Waals surface area contributed by atoms with E-state index in [0.29, 0.717) is 22.3 Å². The van der Waals surface area contributed by atoms with E-state index in [1.807, 2.05) is 0 Å². The van der Waals surface area contributed by atoms with Gasteiger partial charge in [-0.1, -0.05) is 6.07 Å². The van der Waals surface area contributed by atoms with E-state index in [1.165, 1.54) is 6.07 Å². The predicted molar refractivity (Wildman–Crippen MR) is 122 cm³/mol. The van der Waals surface area contributed by atoms with Gasteiger partial charge in [-0.15, -0.1) is 0 Å². The van der Waals surface area contributed by atoms with Gasteiger partial charge in [0.25, 0.3) is 5.91 Å². The third kappa shape index (κ3) is 5.14. The smallest absolute Gasteiger partial charge is 0.342 e. The second-order valence-electron chi connectivity index (χ2n) is 8.15. The van der Waals surface area contributed by atoms with Crippen LogP contribution in [0.3, 0.4) is 0 Å². The normalized spacial score (nSPS) is 11.3. The number of nitrogens with two attached hydrogens (primary N) is 1. The summed E-state index contributed by atoms with van der Waals surface area (Å²) in [4.78, 5) is 29.4. The van der Waals surface area contributed by atoms with Crippen molar-refractivity contribution in [2.24, 2.45) is 0 Å². The Morgan fingerprint density at radius 2 is 1.97 bits per heavy atom. The van der Waals surface area contributed by atoms with E-state index in [4.69, 9.17) is 15.2 Å². The topological polar surface area (TPSA) is 124 Å². The van der Waals surface area contributed by atoms with Gasteiger partial charge in [0, 0.05) is 5.56 Å². The number of hydrogen-bond donors (Lipinski definition) is 3. The summed E-state index contributed by atoms with van der Waals surface area (Å²) >= 11 is 0. The maximum Gasteiger partial charge on any atom is 0.342 e. The first-order chi connectivity index (χ1) is 15.5. The van der Waals surface area contributed by atoms with E-state index < -0.39 is 29.0 Å². The van der Waals surface area contributed by atoms with E-state index in [1.54, 1.807) is 45.9 Å². The van der Waals surface area contributed by atoms with Gasteiger partial charge >= 0.3 is 5.97 Å². The molecular formula is C24H26FN3O5. The molecule has 174 valence electrons. The Morgan fingerprint density at radius 3 is 2.64 bits per heavy atom. The fraction of sp³-hybridized carbons (Fsp3) is 0.292. The SMILES string of the molecule is CCOC(=O)c1c(C)nc2cccc(OCC(C)(C)NC(=O)c3ccc(F)c(O)c3)c2c1N. The molecule has 3 aromatic rings. The number of phenols is 1. The zero-order valence-electron chi connectivity index (χ0n) is 18.9. The molecular weight excluding hydrogens is 429 g/mol. The largest absolute Gasteiger partial charge is 0.505 e. The van der Waals surface area contributed by atoms with Crippen LogP contribution in [0.15, 0.2) is 36.4 Å². The number of pyridine rings is 1. The Hall–Kier alpha value is -3.88. The van der Waals surface area contributed by atoms with E-state index in [9.17, 15) is 19.1 Å². The number of aromatic hydroxyl groups is 1. The summed E-state index contributed by atoms with van der Waals surface area (Å²) in [7, 11) is 0. The molecule has 0 bridgehead atoms. The van der Waals surface area contributed by atoms with Crippen molar-refractivity contribution in [3.8, 4) is 11.5 Å². The van der Waals surface area contributed by atoms with Gasteiger partial charge in [-0.3, -0.25) is 9.78 Å². The minimum absolute atomic E-state index is 0.0487. The van der Waals surface area contributed by atoms with Gasteiger partial charge in [0.2, 0.25) is 0 Å². The summed E-state index contributed by atoms with van der Waals surface area (Å²) in [5.74, 6) is -2.09. The molecule has 3 rings (SSSR count). The van der Waals surface area contributed by atoms with Crippen LogP contribution >= 0.6 is 0 Å². The van der Waals surface area contributed by atoms with Crippen molar-refractivity contribution >= 4 is 28.5 Å². The molecule has 0 fully saturated rings. The number of nitrogens with one attached hydrogen (secondary N) is 1. The van der Waals surface area contributed by atoms with Crippen LogP contribution in [0, 0.1) is 12.7 Å². The molecule has 0 radical (unpaired) electrons.